The number of nitrogens with zero attached hydrogens (tertiary/aromatic N) is 1. The van der Waals surface area contributed by atoms with Gasteiger partial charge >= 0.3 is 0 Å². The predicted molar refractivity (Wildman–Crippen MR) is 97.7 cm³/mol. The quantitative estimate of drug-likeness (QED) is 0.768. The van der Waals surface area contributed by atoms with E-state index >= 15 is 0 Å². The van der Waals surface area contributed by atoms with Crippen molar-refractivity contribution in [2.45, 2.75) is 58.9 Å². The van der Waals surface area contributed by atoms with Crippen molar-refractivity contribution in [3.05, 3.63) is 0 Å². The molecule has 1 saturated heterocycles. The predicted octanol–water partition coefficient (Wildman–Crippen LogP) is 1.60. The summed E-state index contributed by atoms with van der Waals surface area (Å²) >= 11 is 0. The van der Waals surface area contributed by atoms with Crippen molar-refractivity contribution in [1.82, 2.24) is 10.2 Å². The third-order valence-corrected chi connectivity index (χ3v) is 7.16. The van der Waals surface area contributed by atoms with Gasteiger partial charge < -0.3 is 10.2 Å². The molecule has 1 aliphatic heterocycles. The SMILES string of the molecule is CCN(C(=O)C1CCC(C(=O)NCC(C)C)CC1)C1CCS(=O)(=O)C1. The van der Waals surface area contributed by atoms with Crippen LogP contribution in [0.15, 0.2) is 0 Å². The summed E-state index contributed by atoms with van der Waals surface area (Å²) in [5, 5.41) is 2.98. The molecule has 0 aromatic rings. The second-order valence-corrected chi connectivity index (χ2v) is 10.1. The van der Waals surface area contributed by atoms with E-state index in [-0.39, 0.29) is 41.2 Å². The maximum absolute atomic E-state index is 12.8. The van der Waals surface area contributed by atoms with E-state index in [1.165, 1.54) is 0 Å². The highest BCUT2D eigenvalue weighted by Gasteiger charge is 2.38. The van der Waals surface area contributed by atoms with Crippen molar-refractivity contribution >= 4 is 21.7 Å². The summed E-state index contributed by atoms with van der Waals surface area (Å²) in [6, 6.07) is -0.172. The van der Waals surface area contributed by atoms with Crippen molar-refractivity contribution in [2.75, 3.05) is 24.6 Å². The number of carbonyl (C=O) groups excluding carboxylic acids is 2. The van der Waals surface area contributed by atoms with E-state index in [0.717, 1.165) is 12.8 Å². The molecule has 0 radical (unpaired) electrons. The normalized spacial score (nSPS) is 28.7. The van der Waals surface area contributed by atoms with Crippen molar-refractivity contribution in [3.8, 4) is 0 Å². The molecule has 0 spiro atoms. The van der Waals surface area contributed by atoms with E-state index in [1.807, 2.05) is 6.92 Å². The number of nitrogens with one attached hydrogen (secondary N) is 1. The molecule has 1 unspecified atom stereocenters. The average molecular weight is 373 g/mol. The molecule has 1 aliphatic carbocycles. The minimum Gasteiger partial charge on any atom is -0.356 e. The van der Waals surface area contributed by atoms with Crippen molar-refractivity contribution < 1.29 is 18.0 Å². The summed E-state index contributed by atoms with van der Waals surface area (Å²) in [6.45, 7) is 7.29. The lowest BCUT2D eigenvalue weighted by molar-refractivity contribution is -0.140. The Bertz CT molecular complexity index is 580. The number of sulfone groups is 1. The molecule has 1 saturated carbocycles. The van der Waals surface area contributed by atoms with E-state index < -0.39 is 9.84 Å². The van der Waals surface area contributed by atoms with Gasteiger partial charge in [0.05, 0.1) is 11.5 Å². The van der Waals surface area contributed by atoms with Crippen LogP contribution in [0, 0.1) is 17.8 Å². The fraction of sp³-hybridized carbons (Fsp3) is 0.889. The summed E-state index contributed by atoms with van der Waals surface area (Å²) in [5.74, 6) is 0.827. The highest BCUT2D eigenvalue weighted by atomic mass is 32.2. The number of carbonyl (C=O) groups is 2. The van der Waals surface area contributed by atoms with E-state index in [4.69, 9.17) is 0 Å². The first-order valence-electron chi connectivity index (χ1n) is 9.52. The van der Waals surface area contributed by atoms with Crippen molar-refractivity contribution in [1.29, 1.82) is 0 Å². The molecule has 1 heterocycles. The van der Waals surface area contributed by atoms with E-state index in [9.17, 15) is 18.0 Å². The molecule has 1 atom stereocenters. The molecule has 7 heteroatoms. The van der Waals surface area contributed by atoms with E-state index in [0.29, 0.717) is 38.3 Å². The topological polar surface area (TPSA) is 83.6 Å². The lowest BCUT2D eigenvalue weighted by atomic mass is 9.80. The molecule has 0 aromatic heterocycles. The largest absolute Gasteiger partial charge is 0.356 e. The molecule has 2 rings (SSSR count). The van der Waals surface area contributed by atoms with Gasteiger partial charge in [-0.1, -0.05) is 13.8 Å². The monoisotopic (exact) mass is 372 g/mol. The zero-order valence-corrected chi connectivity index (χ0v) is 16.5. The van der Waals surface area contributed by atoms with Crippen LogP contribution >= 0.6 is 0 Å². The maximum atomic E-state index is 12.8. The number of hydrogen-bond acceptors (Lipinski definition) is 4. The number of amides is 2. The Labute approximate surface area is 151 Å². The molecular formula is C18H32N2O4S. The molecule has 1 N–H and O–H groups in total. The first-order chi connectivity index (χ1) is 11.7. The zero-order chi connectivity index (χ0) is 18.6. The van der Waals surface area contributed by atoms with Crippen LogP contribution in [-0.2, 0) is 19.4 Å². The highest BCUT2D eigenvalue weighted by molar-refractivity contribution is 7.91. The molecule has 2 fully saturated rings. The second kappa shape index (κ2) is 8.52. The third-order valence-electron chi connectivity index (χ3n) is 5.40. The summed E-state index contributed by atoms with van der Waals surface area (Å²) in [5.41, 5.74) is 0. The maximum Gasteiger partial charge on any atom is 0.225 e. The fourth-order valence-electron chi connectivity index (χ4n) is 3.90. The van der Waals surface area contributed by atoms with E-state index in [2.05, 4.69) is 19.2 Å². The van der Waals surface area contributed by atoms with Crippen LogP contribution in [0.25, 0.3) is 0 Å². The Morgan fingerprint density at radius 1 is 1.08 bits per heavy atom. The molecule has 6 nitrogen and oxygen atoms in total. The Morgan fingerprint density at radius 3 is 2.16 bits per heavy atom. The van der Waals surface area contributed by atoms with Crippen molar-refractivity contribution in [2.24, 2.45) is 17.8 Å². The van der Waals surface area contributed by atoms with Gasteiger partial charge in [-0.2, -0.15) is 0 Å². The lowest BCUT2D eigenvalue weighted by Gasteiger charge is -2.34. The van der Waals surface area contributed by atoms with Gasteiger partial charge in [-0.05, 0) is 44.9 Å². The van der Waals surface area contributed by atoms with Crippen LogP contribution in [0.2, 0.25) is 0 Å². The van der Waals surface area contributed by atoms with Crippen LogP contribution in [0.5, 0.6) is 0 Å². The first kappa shape index (κ1) is 20.2. The van der Waals surface area contributed by atoms with Crippen molar-refractivity contribution in [3.63, 3.8) is 0 Å². The van der Waals surface area contributed by atoms with Crippen LogP contribution < -0.4 is 5.32 Å². The lowest BCUT2D eigenvalue weighted by Crippen LogP contribution is -2.45. The molecule has 144 valence electrons. The minimum atomic E-state index is -3.00. The van der Waals surface area contributed by atoms with Gasteiger partial charge in [-0.15, -0.1) is 0 Å². The van der Waals surface area contributed by atoms with Gasteiger partial charge in [-0.25, -0.2) is 8.42 Å². The Morgan fingerprint density at radius 2 is 1.68 bits per heavy atom. The van der Waals surface area contributed by atoms with Gasteiger partial charge in [0, 0.05) is 31.0 Å². The molecule has 0 bridgehead atoms. The molecule has 0 aromatic carbocycles. The van der Waals surface area contributed by atoms with Crippen LogP contribution in [0.1, 0.15) is 52.9 Å². The minimum absolute atomic E-state index is 0.00438. The van der Waals surface area contributed by atoms with Gasteiger partial charge in [-0.3, -0.25) is 9.59 Å². The van der Waals surface area contributed by atoms with Gasteiger partial charge in [0.2, 0.25) is 11.8 Å². The average Bonchev–Trinajstić information content (AvgIpc) is 2.93. The van der Waals surface area contributed by atoms with E-state index in [1.54, 1.807) is 4.90 Å². The summed E-state index contributed by atoms with van der Waals surface area (Å²) in [6.07, 6.45) is 3.46. The first-order valence-corrected chi connectivity index (χ1v) is 11.3. The highest BCUT2D eigenvalue weighted by Crippen LogP contribution is 2.31. The Balaban J connectivity index is 1.86. The molecule has 25 heavy (non-hydrogen) atoms. The smallest absolute Gasteiger partial charge is 0.225 e. The summed E-state index contributed by atoms with van der Waals surface area (Å²) in [7, 11) is -3.00. The molecular weight excluding hydrogens is 340 g/mol. The van der Waals surface area contributed by atoms with Gasteiger partial charge in [0.15, 0.2) is 9.84 Å². The molecule has 2 amide bonds. The summed E-state index contributed by atoms with van der Waals surface area (Å²) in [4.78, 5) is 26.8. The van der Waals surface area contributed by atoms with Gasteiger partial charge in [0.1, 0.15) is 0 Å². The van der Waals surface area contributed by atoms with Crippen LogP contribution in [0.3, 0.4) is 0 Å². The number of rotatable bonds is 6. The standard InChI is InChI=1S/C18H32N2O4S/c1-4-20(16-9-10-25(23,24)12-16)18(22)15-7-5-14(6-8-15)17(21)19-11-13(2)3/h13-16H,4-12H2,1-3H3,(H,19,21). The Hall–Kier alpha value is -1.11. The fourth-order valence-corrected chi connectivity index (χ4v) is 5.63. The summed E-state index contributed by atoms with van der Waals surface area (Å²) < 4.78 is 23.4. The molecule has 2 aliphatic rings. The Kier molecular flexibility index (Phi) is 6.88. The van der Waals surface area contributed by atoms with Crippen LogP contribution in [-0.4, -0.2) is 55.8 Å². The second-order valence-electron chi connectivity index (χ2n) is 7.87. The zero-order valence-electron chi connectivity index (χ0n) is 15.7. The number of hydrogen-bond donors (Lipinski definition) is 1. The third kappa shape index (κ3) is 5.43. The van der Waals surface area contributed by atoms with Gasteiger partial charge in [0.25, 0.3) is 0 Å². The van der Waals surface area contributed by atoms with Crippen LogP contribution in [0.4, 0.5) is 0 Å².